The van der Waals surface area contributed by atoms with Gasteiger partial charge in [0.05, 0.1) is 0 Å². The van der Waals surface area contributed by atoms with Crippen LogP contribution in [0.25, 0.3) is 0 Å². The van der Waals surface area contributed by atoms with E-state index in [1.54, 1.807) is 0 Å². The molecule has 0 unspecified atom stereocenters. The highest BCUT2D eigenvalue weighted by Gasteiger charge is 2.14. The molecule has 0 atom stereocenters. The Morgan fingerprint density at radius 2 is 1.43 bits per heavy atom. The van der Waals surface area contributed by atoms with Crippen molar-refractivity contribution in [1.82, 2.24) is 0 Å². The smallest absolute Gasteiger partial charge is 0.411 e. The highest BCUT2D eigenvalue weighted by molar-refractivity contribution is 5.93. The third-order valence-electron chi connectivity index (χ3n) is 3.91. The van der Waals surface area contributed by atoms with Crippen LogP contribution in [-0.2, 0) is 18.0 Å². The second-order valence-corrected chi connectivity index (χ2v) is 5.98. The van der Waals surface area contributed by atoms with Crippen LogP contribution in [0.3, 0.4) is 0 Å². The molecule has 0 saturated carbocycles. The molecule has 0 fully saturated rings. The summed E-state index contributed by atoms with van der Waals surface area (Å²) in [5, 5.41) is 11.9. The molecule has 6 nitrogen and oxygen atoms in total. The number of carboxylic acids is 1. The maximum Gasteiger partial charge on any atom is 0.411 e. The zero-order valence-electron chi connectivity index (χ0n) is 15.0. The number of ether oxygens (including phenoxy) is 2. The van der Waals surface area contributed by atoms with Crippen LogP contribution in [0.5, 0.6) is 5.75 Å². The first kappa shape index (κ1) is 19.0. The second kappa shape index (κ2) is 9.23. The van der Waals surface area contributed by atoms with E-state index in [0.717, 1.165) is 11.1 Å². The average Bonchev–Trinajstić information content (AvgIpc) is 2.72. The lowest BCUT2D eigenvalue weighted by Crippen LogP contribution is -2.14. The van der Waals surface area contributed by atoms with Crippen molar-refractivity contribution in [2.24, 2.45) is 0 Å². The molecule has 0 aliphatic carbocycles. The van der Waals surface area contributed by atoms with Gasteiger partial charge >= 0.3 is 12.1 Å². The van der Waals surface area contributed by atoms with Gasteiger partial charge in [-0.1, -0.05) is 60.7 Å². The lowest BCUT2D eigenvalue weighted by Gasteiger charge is -2.12. The molecule has 2 N–H and O–H groups in total. The van der Waals surface area contributed by atoms with Crippen molar-refractivity contribution in [2.75, 3.05) is 5.32 Å². The summed E-state index contributed by atoms with van der Waals surface area (Å²) in [4.78, 5) is 23.4. The van der Waals surface area contributed by atoms with Crippen LogP contribution in [0.2, 0.25) is 0 Å². The number of rotatable bonds is 7. The first-order chi connectivity index (χ1) is 13.6. The first-order valence-corrected chi connectivity index (χ1v) is 8.63. The topological polar surface area (TPSA) is 84.9 Å². The molecule has 3 aromatic carbocycles. The fourth-order valence-corrected chi connectivity index (χ4v) is 2.51. The Hall–Kier alpha value is -3.80. The molecule has 0 saturated heterocycles. The minimum atomic E-state index is -1.11. The van der Waals surface area contributed by atoms with Crippen LogP contribution in [0.15, 0.2) is 78.9 Å². The van der Waals surface area contributed by atoms with E-state index in [9.17, 15) is 14.7 Å². The summed E-state index contributed by atoms with van der Waals surface area (Å²) in [6, 6.07) is 23.0. The Balaban J connectivity index is 1.65. The first-order valence-electron chi connectivity index (χ1n) is 8.63. The molecule has 0 spiro atoms. The average molecular weight is 377 g/mol. The highest BCUT2D eigenvalue weighted by Crippen LogP contribution is 2.25. The number of nitrogens with one attached hydrogen (secondary N) is 1. The van der Waals surface area contributed by atoms with Gasteiger partial charge in [0.15, 0.2) is 0 Å². The van der Waals surface area contributed by atoms with Crippen LogP contribution in [0, 0.1) is 0 Å². The van der Waals surface area contributed by atoms with Gasteiger partial charge in [-0.3, -0.25) is 5.32 Å². The molecule has 0 radical (unpaired) electrons. The molecule has 1 amide bonds. The minimum absolute atomic E-state index is 0.0131. The third kappa shape index (κ3) is 5.35. The number of carbonyl (C=O) groups is 2. The maximum atomic E-state index is 12.0. The molecular formula is C22H19NO5. The minimum Gasteiger partial charge on any atom is -0.488 e. The number of carbonyl (C=O) groups excluding carboxylic acids is 1. The van der Waals surface area contributed by atoms with E-state index in [2.05, 4.69) is 5.32 Å². The van der Waals surface area contributed by atoms with Crippen molar-refractivity contribution in [2.45, 2.75) is 13.2 Å². The lowest BCUT2D eigenvalue weighted by molar-refractivity contribution is 0.0691. The fraction of sp³-hybridized carbons (Fsp3) is 0.0909. The third-order valence-corrected chi connectivity index (χ3v) is 3.91. The van der Waals surface area contributed by atoms with Crippen molar-refractivity contribution in [3.63, 3.8) is 0 Å². The molecule has 0 heterocycles. The summed E-state index contributed by atoms with van der Waals surface area (Å²) >= 11 is 0. The molecular weight excluding hydrogens is 358 g/mol. The maximum absolute atomic E-state index is 12.0. The molecule has 142 valence electrons. The molecule has 3 aromatic rings. The Morgan fingerprint density at radius 3 is 2.04 bits per heavy atom. The normalized spacial score (nSPS) is 10.1. The lowest BCUT2D eigenvalue weighted by atomic mass is 10.1. The van der Waals surface area contributed by atoms with Gasteiger partial charge in [-0.25, -0.2) is 9.59 Å². The summed E-state index contributed by atoms with van der Waals surface area (Å²) < 4.78 is 10.8. The molecule has 0 bridgehead atoms. The van der Waals surface area contributed by atoms with Crippen LogP contribution in [0.4, 0.5) is 10.5 Å². The van der Waals surface area contributed by atoms with Crippen LogP contribution in [-0.4, -0.2) is 17.2 Å². The van der Waals surface area contributed by atoms with E-state index >= 15 is 0 Å². The zero-order chi connectivity index (χ0) is 19.8. The summed E-state index contributed by atoms with van der Waals surface area (Å²) in [5.74, 6) is -0.946. The number of anilines is 1. The molecule has 0 aliphatic heterocycles. The Labute approximate surface area is 162 Å². The predicted molar refractivity (Wildman–Crippen MR) is 104 cm³/mol. The number of carboxylic acid groups (broad SMARTS) is 1. The van der Waals surface area contributed by atoms with Crippen molar-refractivity contribution in [3.05, 3.63) is 95.6 Å². The van der Waals surface area contributed by atoms with E-state index in [0.29, 0.717) is 5.69 Å². The summed E-state index contributed by atoms with van der Waals surface area (Å²) in [7, 11) is 0. The van der Waals surface area contributed by atoms with Crippen molar-refractivity contribution in [1.29, 1.82) is 0 Å². The standard InChI is InChI=1S/C22H19NO5/c24-21(25)19-12-11-18(13-20(19)27-14-16-7-3-1-4-8-16)23-22(26)28-15-17-9-5-2-6-10-17/h1-13H,14-15H2,(H,23,26)(H,24,25). The largest absolute Gasteiger partial charge is 0.488 e. The number of hydrogen-bond acceptors (Lipinski definition) is 4. The van der Waals surface area contributed by atoms with Gasteiger partial charge in [-0.15, -0.1) is 0 Å². The van der Waals surface area contributed by atoms with Gasteiger partial charge in [-0.2, -0.15) is 0 Å². The number of benzene rings is 3. The van der Waals surface area contributed by atoms with Crippen molar-refractivity contribution >= 4 is 17.7 Å². The number of hydrogen-bond donors (Lipinski definition) is 2. The molecule has 0 aliphatic rings. The number of aromatic carboxylic acids is 1. The van der Waals surface area contributed by atoms with Crippen LogP contribution in [0.1, 0.15) is 21.5 Å². The molecule has 28 heavy (non-hydrogen) atoms. The number of amides is 1. The Morgan fingerprint density at radius 1 is 0.821 bits per heavy atom. The summed E-state index contributed by atoms with van der Waals surface area (Å²) in [6.07, 6.45) is -0.638. The van der Waals surface area contributed by atoms with Gasteiger partial charge in [0.25, 0.3) is 0 Å². The molecule has 0 aromatic heterocycles. The van der Waals surface area contributed by atoms with Crippen molar-refractivity contribution in [3.8, 4) is 5.75 Å². The quantitative estimate of drug-likeness (QED) is 0.623. The van der Waals surface area contributed by atoms with Crippen molar-refractivity contribution < 1.29 is 24.2 Å². The van der Waals surface area contributed by atoms with E-state index in [4.69, 9.17) is 9.47 Å². The van der Waals surface area contributed by atoms with E-state index in [1.807, 2.05) is 60.7 Å². The SMILES string of the molecule is O=C(Nc1ccc(C(=O)O)c(OCc2ccccc2)c1)OCc1ccccc1. The van der Waals surface area contributed by atoms with E-state index in [-0.39, 0.29) is 24.5 Å². The summed E-state index contributed by atoms with van der Waals surface area (Å²) in [5.41, 5.74) is 2.16. The van der Waals surface area contributed by atoms with Gasteiger partial charge in [0, 0.05) is 11.8 Å². The molecule has 6 heteroatoms. The van der Waals surface area contributed by atoms with Gasteiger partial charge in [0.1, 0.15) is 24.5 Å². The monoisotopic (exact) mass is 377 g/mol. The zero-order valence-corrected chi connectivity index (χ0v) is 15.0. The van der Waals surface area contributed by atoms with Crippen LogP contribution >= 0.6 is 0 Å². The fourth-order valence-electron chi connectivity index (χ4n) is 2.51. The highest BCUT2D eigenvalue weighted by atomic mass is 16.5. The van der Waals surface area contributed by atoms with Crippen LogP contribution < -0.4 is 10.1 Å². The Kier molecular flexibility index (Phi) is 6.25. The van der Waals surface area contributed by atoms with Gasteiger partial charge < -0.3 is 14.6 Å². The van der Waals surface area contributed by atoms with E-state index in [1.165, 1.54) is 18.2 Å². The van der Waals surface area contributed by atoms with Gasteiger partial charge in [-0.05, 0) is 23.3 Å². The second-order valence-electron chi connectivity index (χ2n) is 5.98. The van der Waals surface area contributed by atoms with E-state index < -0.39 is 12.1 Å². The Bertz CT molecular complexity index is 942. The molecule has 3 rings (SSSR count). The predicted octanol–water partition coefficient (Wildman–Crippen LogP) is 4.71. The summed E-state index contributed by atoms with van der Waals surface area (Å²) in [6.45, 7) is 0.347. The van der Waals surface area contributed by atoms with Gasteiger partial charge in [0.2, 0.25) is 0 Å².